The number of halogens is 1. The molecular formula is C13H11BrN4. The molecule has 0 aliphatic heterocycles. The fraction of sp³-hybridized carbons (Fsp3) is 0.154. The van der Waals surface area contributed by atoms with Crippen LogP contribution in [0.25, 0.3) is 11.3 Å². The average molecular weight is 303 g/mol. The predicted molar refractivity (Wildman–Crippen MR) is 74.0 cm³/mol. The number of rotatable bonds is 3. The molecule has 0 bridgehead atoms. The van der Waals surface area contributed by atoms with Gasteiger partial charge in [-0.05, 0) is 36.8 Å². The Kier molecular flexibility index (Phi) is 3.90. The van der Waals surface area contributed by atoms with Crippen molar-refractivity contribution < 1.29 is 0 Å². The van der Waals surface area contributed by atoms with E-state index in [-0.39, 0.29) is 6.54 Å². The van der Waals surface area contributed by atoms with E-state index in [4.69, 9.17) is 5.26 Å². The van der Waals surface area contributed by atoms with E-state index < -0.39 is 0 Å². The molecule has 0 unspecified atom stereocenters. The molecule has 0 radical (unpaired) electrons. The summed E-state index contributed by atoms with van der Waals surface area (Å²) in [7, 11) is 0. The van der Waals surface area contributed by atoms with Crippen molar-refractivity contribution in [1.82, 2.24) is 10.2 Å². The van der Waals surface area contributed by atoms with Crippen LogP contribution in [0.2, 0.25) is 0 Å². The van der Waals surface area contributed by atoms with E-state index in [0.29, 0.717) is 5.82 Å². The summed E-state index contributed by atoms with van der Waals surface area (Å²) in [5, 5.41) is 19.5. The highest BCUT2D eigenvalue weighted by Crippen LogP contribution is 2.25. The zero-order valence-corrected chi connectivity index (χ0v) is 11.4. The van der Waals surface area contributed by atoms with Crippen molar-refractivity contribution in [2.24, 2.45) is 0 Å². The molecule has 1 heterocycles. The number of aryl methyl sites for hydroxylation is 1. The topological polar surface area (TPSA) is 61.6 Å². The summed E-state index contributed by atoms with van der Waals surface area (Å²) in [5.41, 5.74) is 3.00. The molecule has 18 heavy (non-hydrogen) atoms. The van der Waals surface area contributed by atoms with Crippen molar-refractivity contribution in [2.75, 3.05) is 11.9 Å². The third-order valence-electron chi connectivity index (χ3n) is 2.49. The van der Waals surface area contributed by atoms with Crippen LogP contribution < -0.4 is 5.32 Å². The normalized spacial score (nSPS) is 9.83. The molecular weight excluding hydrogens is 292 g/mol. The third kappa shape index (κ3) is 2.84. The Morgan fingerprint density at radius 3 is 2.78 bits per heavy atom. The van der Waals surface area contributed by atoms with Gasteiger partial charge in [0.25, 0.3) is 0 Å². The van der Waals surface area contributed by atoms with Crippen molar-refractivity contribution >= 4 is 21.7 Å². The largest absolute Gasteiger partial charge is 0.356 e. The maximum atomic E-state index is 8.46. The number of nitrogens with one attached hydrogen (secondary N) is 1. The molecule has 0 atom stereocenters. The summed E-state index contributed by atoms with van der Waals surface area (Å²) >= 11 is 3.45. The van der Waals surface area contributed by atoms with Crippen molar-refractivity contribution in [2.45, 2.75) is 6.92 Å². The van der Waals surface area contributed by atoms with E-state index in [2.05, 4.69) is 31.4 Å². The smallest absolute Gasteiger partial charge is 0.149 e. The maximum Gasteiger partial charge on any atom is 0.149 e. The summed E-state index contributed by atoms with van der Waals surface area (Å²) in [6.45, 7) is 2.26. The number of benzene rings is 1. The average Bonchev–Trinajstić information content (AvgIpc) is 2.40. The minimum atomic E-state index is 0.226. The van der Waals surface area contributed by atoms with E-state index >= 15 is 0 Å². The molecule has 2 rings (SSSR count). The molecule has 0 saturated heterocycles. The van der Waals surface area contributed by atoms with E-state index in [1.54, 1.807) is 0 Å². The molecule has 0 saturated carbocycles. The number of aromatic nitrogens is 2. The highest BCUT2D eigenvalue weighted by atomic mass is 79.9. The molecule has 0 fully saturated rings. The number of nitrogens with zero attached hydrogens (tertiary/aromatic N) is 3. The summed E-state index contributed by atoms with van der Waals surface area (Å²) in [4.78, 5) is 0. The van der Waals surface area contributed by atoms with Gasteiger partial charge >= 0.3 is 0 Å². The van der Waals surface area contributed by atoms with Gasteiger partial charge in [-0.25, -0.2) is 0 Å². The van der Waals surface area contributed by atoms with Crippen LogP contribution in [0.15, 0.2) is 34.8 Å². The Morgan fingerprint density at radius 1 is 1.28 bits per heavy atom. The number of hydrogen-bond donors (Lipinski definition) is 1. The van der Waals surface area contributed by atoms with Gasteiger partial charge in [-0.2, -0.15) is 5.26 Å². The first-order valence-electron chi connectivity index (χ1n) is 5.42. The van der Waals surface area contributed by atoms with Crippen LogP contribution in [-0.4, -0.2) is 16.7 Å². The third-order valence-corrected chi connectivity index (χ3v) is 2.98. The summed E-state index contributed by atoms with van der Waals surface area (Å²) in [6.07, 6.45) is 0. The molecule has 1 aromatic carbocycles. The minimum absolute atomic E-state index is 0.226. The Labute approximate surface area is 114 Å². The van der Waals surface area contributed by atoms with E-state index in [0.717, 1.165) is 21.3 Å². The van der Waals surface area contributed by atoms with Gasteiger partial charge in [0.15, 0.2) is 0 Å². The molecule has 90 valence electrons. The predicted octanol–water partition coefficient (Wildman–Crippen LogP) is 3.15. The van der Waals surface area contributed by atoms with Crippen molar-refractivity contribution in [3.8, 4) is 17.3 Å². The van der Waals surface area contributed by atoms with E-state index in [1.165, 1.54) is 0 Å². The molecule has 1 N–H and O–H groups in total. The Morgan fingerprint density at radius 2 is 2.11 bits per heavy atom. The summed E-state index contributed by atoms with van der Waals surface area (Å²) < 4.78 is 1.01. The van der Waals surface area contributed by atoms with E-state index in [1.807, 2.05) is 43.3 Å². The minimum Gasteiger partial charge on any atom is -0.356 e. The standard InChI is InChI=1S/C13H11BrN4/c1-9-2-3-10(14)8-11(9)12-4-5-13(18-17-12)16-7-6-15/h2-5,8H,7H2,1H3,(H,16,18). The molecule has 0 spiro atoms. The Hall–Kier alpha value is -1.93. The fourth-order valence-corrected chi connectivity index (χ4v) is 1.93. The van der Waals surface area contributed by atoms with Gasteiger partial charge in [0.2, 0.25) is 0 Å². The van der Waals surface area contributed by atoms with Gasteiger partial charge in [0.05, 0.1) is 11.8 Å². The van der Waals surface area contributed by atoms with Crippen molar-refractivity contribution in [3.05, 3.63) is 40.4 Å². The highest BCUT2D eigenvalue weighted by molar-refractivity contribution is 9.10. The first-order valence-corrected chi connectivity index (χ1v) is 6.21. The lowest BCUT2D eigenvalue weighted by Gasteiger charge is -2.06. The highest BCUT2D eigenvalue weighted by Gasteiger charge is 2.05. The first-order chi connectivity index (χ1) is 8.70. The molecule has 5 heteroatoms. The van der Waals surface area contributed by atoms with Crippen LogP contribution >= 0.6 is 15.9 Å². The lowest BCUT2D eigenvalue weighted by atomic mass is 10.1. The molecule has 2 aromatic rings. The second-order valence-electron chi connectivity index (χ2n) is 3.77. The Balaban J connectivity index is 2.29. The van der Waals surface area contributed by atoms with Crippen LogP contribution in [0.4, 0.5) is 5.82 Å². The number of nitriles is 1. The molecule has 0 aliphatic carbocycles. The van der Waals surface area contributed by atoms with Crippen LogP contribution in [0.1, 0.15) is 5.56 Å². The Bertz CT molecular complexity index is 587. The molecule has 0 amide bonds. The van der Waals surface area contributed by atoms with Gasteiger partial charge in [-0.1, -0.05) is 22.0 Å². The quantitative estimate of drug-likeness (QED) is 0.885. The van der Waals surface area contributed by atoms with Gasteiger partial charge < -0.3 is 5.32 Å². The molecule has 0 aliphatic rings. The molecule has 4 nitrogen and oxygen atoms in total. The molecule has 1 aromatic heterocycles. The summed E-state index contributed by atoms with van der Waals surface area (Å²) in [5.74, 6) is 0.605. The first kappa shape index (κ1) is 12.5. The lowest BCUT2D eigenvalue weighted by Crippen LogP contribution is -2.02. The van der Waals surface area contributed by atoms with Crippen molar-refractivity contribution in [1.29, 1.82) is 5.26 Å². The van der Waals surface area contributed by atoms with Crippen LogP contribution in [-0.2, 0) is 0 Å². The monoisotopic (exact) mass is 302 g/mol. The second-order valence-corrected chi connectivity index (χ2v) is 4.69. The fourth-order valence-electron chi connectivity index (χ4n) is 1.57. The van der Waals surface area contributed by atoms with E-state index in [9.17, 15) is 0 Å². The summed E-state index contributed by atoms with van der Waals surface area (Å²) in [6, 6.07) is 11.7. The van der Waals surface area contributed by atoms with Crippen LogP contribution in [0.5, 0.6) is 0 Å². The van der Waals surface area contributed by atoms with Gasteiger partial charge in [0, 0.05) is 10.0 Å². The number of anilines is 1. The van der Waals surface area contributed by atoms with Crippen LogP contribution in [0.3, 0.4) is 0 Å². The van der Waals surface area contributed by atoms with Gasteiger partial charge in [-0.15, -0.1) is 10.2 Å². The van der Waals surface area contributed by atoms with Gasteiger partial charge in [0.1, 0.15) is 12.4 Å². The SMILES string of the molecule is Cc1ccc(Br)cc1-c1ccc(NCC#N)nn1. The van der Waals surface area contributed by atoms with Crippen LogP contribution in [0, 0.1) is 18.3 Å². The van der Waals surface area contributed by atoms with Gasteiger partial charge in [-0.3, -0.25) is 0 Å². The maximum absolute atomic E-state index is 8.46. The zero-order valence-electron chi connectivity index (χ0n) is 9.81. The van der Waals surface area contributed by atoms with Crippen molar-refractivity contribution in [3.63, 3.8) is 0 Å². The lowest BCUT2D eigenvalue weighted by molar-refractivity contribution is 1.03. The zero-order chi connectivity index (χ0) is 13.0. The number of hydrogen-bond acceptors (Lipinski definition) is 4. The second kappa shape index (κ2) is 5.61.